The maximum absolute atomic E-state index is 13.8. The Balaban J connectivity index is 1.78. The second-order valence-corrected chi connectivity index (χ2v) is 6.53. The van der Waals surface area contributed by atoms with Crippen LogP contribution < -0.4 is 11.3 Å². The molecule has 1 atom stereocenters. The van der Waals surface area contributed by atoms with Crippen LogP contribution >= 0.6 is 11.3 Å². The van der Waals surface area contributed by atoms with Gasteiger partial charge in [-0.25, -0.2) is 9.82 Å². The van der Waals surface area contributed by atoms with E-state index in [2.05, 4.69) is 11.5 Å². The molecule has 2 aromatic heterocycles. The Morgan fingerprint density at radius 3 is 2.95 bits per heavy atom. The summed E-state index contributed by atoms with van der Waals surface area (Å²) in [6.45, 7) is 0. The van der Waals surface area contributed by atoms with Crippen molar-refractivity contribution in [1.82, 2.24) is 5.43 Å². The first-order valence-corrected chi connectivity index (χ1v) is 7.83. The van der Waals surface area contributed by atoms with Crippen molar-refractivity contribution >= 4 is 22.3 Å². The van der Waals surface area contributed by atoms with E-state index in [0.717, 1.165) is 23.1 Å². The maximum Gasteiger partial charge on any atom is 0.169 e. The van der Waals surface area contributed by atoms with E-state index in [1.165, 1.54) is 22.9 Å². The number of rotatable bonds is 3. The van der Waals surface area contributed by atoms with Gasteiger partial charge >= 0.3 is 0 Å². The Hall–Kier alpha value is -1.69. The Bertz CT molecular complexity index is 786. The molecule has 1 unspecified atom stereocenters. The first kappa shape index (κ1) is 13.0. The fourth-order valence-electron chi connectivity index (χ4n) is 2.99. The third-order valence-corrected chi connectivity index (χ3v) is 5.32. The van der Waals surface area contributed by atoms with Gasteiger partial charge in [0.25, 0.3) is 0 Å². The zero-order valence-corrected chi connectivity index (χ0v) is 12.2. The molecule has 0 fully saturated rings. The Morgan fingerprint density at radius 1 is 1.29 bits per heavy atom. The van der Waals surface area contributed by atoms with Gasteiger partial charge in [0, 0.05) is 15.1 Å². The first-order valence-electron chi connectivity index (χ1n) is 7.02. The van der Waals surface area contributed by atoms with Gasteiger partial charge in [0.15, 0.2) is 11.4 Å². The SMILES string of the molecule is NNC(c1cc2cccc(F)c2o1)c1cc2c(s1)CCC2. The molecular weight excluding hydrogens is 287 g/mol. The van der Waals surface area contributed by atoms with E-state index >= 15 is 0 Å². The number of nitrogens with one attached hydrogen (secondary N) is 1. The monoisotopic (exact) mass is 302 g/mol. The lowest BCUT2D eigenvalue weighted by atomic mass is 10.1. The Morgan fingerprint density at radius 2 is 2.19 bits per heavy atom. The largest absolute Gasteiger partial charge is 0.456 e. The lowest BCUT2D eigenvalue weighted by Gasteiger charge is -2.11. The number of halogens is 1. The van der Waals surface area contributed by atoms with E-state index in [9.17, 15) is 4.39 Å². The Kier molecular flexibility index (Phi) is 3.06. The molecule has 5 heteroatoms. The highest BCUT2D eigenvalue weighted by atomic mass is 32.1. The van der Waals surface area contributed by atoms with Crippen LogP contribution in [0.5, 0.6) is 0 Å². The van der Waals surface area contributed by atoms with E-state index in [4.69, 9.17) is 10.3 Å². The number of fused-ring (bicyclic) bond motifs is 2. The molecule has 1 aliphatic carbocycles. The molecule has 0 saturated heterocycles. The summed E-state index contributed by atoms with van der Waals surface area (Å²) in [7, 11) is 0. The van der Waals surface area contributed by atoms with Crippen LogP contribution in [0.25, 0.3) is 11.0 Å². The van der Waals surface area contributed by atoms with E-state index in [1.54, 1.807) is 17.4 Å². The molecule has 0 radical (unpaired) electrons. The summed E-state index contributed by atoms with van der Waals surface area (Å²) in [5.41, 5.74) is 4.50. The van der Waals surface area contributed by atoms with Gasteiger partial charge in [-0.1, -0.05) is 12.1 Å². The maximum atomic E-state index is 13.8. The summed E-state index contributed by atoms with van der Waals surface area (Å²) >= 11 is 1.77. The molecule has 4 rings (SSSR count). The molecule has 0 aliphatic heterocycles. The van der Waals surface area contributed by atoms with Crippen LogP contribution in [0.15, 0.2) is 34.7 Å². The zero-order valence-electron chi connectivity index (χ0n) is 11.4. The number of hydrazine groups is 1. The molecule has 21 heavy (non-hydrogen) atoms. The highest BCUT2D eigenvalue weighted by molar-refractivity contribution is 7.12. The van der Waals surface area contributed by atoms with Gasteiger partial charge in [-0.2, -0.15) is 0 Å². The second kappa shape index (κ2) is 4.94. The van der Waals surface area contributed by atoms with Crippen LogP contribution in [0.4, 0.5) is 4.39 Å². The first-order chi connectivity index (χ1) is 10.3. The molecule has 0 bridgehead atoms. The number of hydrogen-bond acceptors (Lipinski definition) is 4. The van der Waals surface area contributed by atoms with Crippen LogP contribution in [0.3, 0.4) is 0 Å². The molecule has 0 saturated carbocycles. The van der Waals surface area contributed by atoms with Gasteiger partial charge in [0.2, 0.25) is 0 Å². The zero-order chi connectivity index (χ0) is 14.4. The average Bonchev–Trinajstić information content (AvgIpc) is 3.13. The van der Waals surface area contributed by atoms with Crippen LogP contribution in [-0.2, 0) is 12.8 Å². The molecule has 2 heterocycles. The topological polar surface area (TPSA) is 51.2 Å². The predicted molar refractivity (Wildman–Crippen MR) is 81.7 cm³/mol. The average molecular weight is 302 g/mol. The quantitative estimate of drug-likeness (QED) is 0.573. The molecule has 1 aliphatic rings. The summed E-state index contributed by atoms with van der Waals surface area (Å²) in [5.74, 6) is 6.02. The van der Waals surface area contributed by atoms with Crippen molar-refractivity contribution in [2.45, 2.75) is 25.3 Å². The molecule has 0 spiro atoms. The highest BCUT2D eigenvalue weighted by Crippen LogP contribution is 2.37. The van der Waals surface area contributed by atoms with E-state index in [1.807, 2.05) is 12.1 Å². The van der Waals surface area contributed by atoms with Gasteiger partial charge in [0.1, 0.15) is 11.8 Å². The minimum Gasteiger partial charge on any atom is -0.456 e. The van der Waals surface area contributed by atoms with Crippen molar-refractivity contribution in [3.05, 3.63) is 57.2 Å². The van der Waals surface area contributed by atoms with Crippen molar-refractivity contribution in [2.75, 3.05) is 0 Å². The molecule has 108 valence electrons. The fourth-order valence-corrected chi connectivity index (χ4v) is 4.31. The molecule has 1 aromatic carbocycles. The third kappa shape index (κ3) is 2.09. The number of aryl methyl sites for hydroxylation is 2. The van der Waals surface area contributed by atoms with Gasteiger partial charge in [0.05, 0.1) is 0 Å². The predicted octanol–water partition coefficient (Wildman–Crippen LogP) is 3.67. The van der Waals surface area contributed by atoms with Crippen molar-refractivity contribution in [1.29, 1.82) is 0 Å². The van der Waals surface area contributed by atoms with Crippen LogP contribution in [-0.4, -0.2) is 0 Å². The minimum atomic E-state index is -0.344. The number of thiophene rings is 1. The summed E-state index contributed by atoms with van der Waals surface area (Å²) in [6.07, 6.45) is 3.52. The van der Waals surface area contributed by atoms with Crippen LogP contribution in [0.1, 0.15) is 33.5 Å². The lowest BCUT2D eigenvalue weighted by molar-refractivity contribution is 0.468. The van der Waals surface area contributed by atoms with Gasteiger partial charge < -0.3 is 4.42 Å². The van der Waals surface area contributed by atoms with E-state index in [0.29, 0.717) is 5.76 Å². The van der Waals surface area contributed by atoms with Crippen LogP contribution in [0.2, 0.25) is 0 Å². The number of para-hydroxylation sites is 1. The summed E-state index contributed by atoms with van der Waals surface area (Å²) in [6, 6.07) is 8.75. The van der Waals surface area contributed by atoms with E-state index in [-0.39, 0.29) is 17.4 Å². The van der Waals surface area contributed by atoms with Crippen molar-refractivity contribution in [2.24, 2.45) is 5.84 Å². The minimum absolute atomic E-state index is 0.229. The normalized spacial score (nSPS) is 15.5. The van der Waals surface area contributed by atoms with Crippen molar-refractivity contribution in [3.8, 4) is 0 Å². The number of furan rings is 1. The van der Waals surface area contributed by atoms with Crippen molar-refractivity contribution < 1.29 is 8.81 Å². The second-order valence-electron chi connectivity index (χ2n) is 5.36. The van der Waals surface area contributed by atoms with Crippen molar-refractivity contribution in [3.63, 3.8) is 0 Å². The molecule has 3 nitrogen and oxygen atoms in total. The molecule has 3 aromatic rings. The van der Waals surface area contributed by atoms with Gasteiger partial charge in [-0.05, 0) is 43.0 Å². The lowest BCUT2D eigenvalue weighted by Crippen LogP contribution is -2.27. The fraction of sp³-hybridized carbons (Fsp3) is 0.250. The molecular formula is C16H15FN2OS. The number of hydrogen-bond donors (Lipinski definition) is 2. The number of benzene rings is 1. The van der Waals surface area contributed by atoms with Gasteiger partial charge in [-0.15, -0.1) is 11.3 Å². The Labute approximate surface area is 125 Å². The van der Waals surface area contributed by atoms with Crippen LogP contribution in [0, 0.1) is 5.82 Å². The number of nitrogens with two attached hydrogens (primary N) is 1. The highest BCUT2D eigenvalue weighted by Gasteiger charge is 2.23. The summed E-state index contributed by atoms with van der Waals surface area (Å²) in [5, 5.41) is 0.759. The third-order valence-electron chi connectivity index (χ3n) is 4.02. The summed E-state index contributed by atoms with van der Waals surface area (Å²) < 4.78 is 19.5. The van der Waals surface area contributed by atoms with Gasteiger partial charge in [-0.3, -0.25) is 5.84 Å². The smallest absolute Gasteiger partial charge is 0.169 e. The van der Waals surface area contributed by atoms with E-state index < -0.39 is 0 Å². The summed E-state index contributed by atoms with van der Waals surface area (Å²) in [4.78, 5) is 2.56. The standard InChI is InChI=1S/C16H15FN2OS/c17-11-5-1-4-10-7-12(20-16(10)11)15(19-18)14-8-9-3-2-6-13(9)21-14/h1,4-5,7-8,15,19H,2-3,6,18H2. The molecule has 0 amide bonds. The molecule has 3 N–H and O–H groups in total.